The van der Waals surface area contributed by atoms with Crippen LogP contribution < -0.4 is 5.32 Å². The number of benzene rings is 2. The average Bonchev–Trinajstić information content (AvgIpc) is 2.65. The zero-order valence-corrected chi connectivity index (χ0v) is 16.8. The third-order valence-corrected chi connectivity index (χ3v) is 4.65. The molecule has 144 valence electrons. The van der Waals surface area contributed by atoms with Gasteiger partial charge in [-0.15, -0.1) is 0 Å². The first-order valence-corrected chi connectivity index (χ1v) is 9.43. The number of rotatable bonds is 8. The van der Waals surface area contributed by atoms with E-state index >= 15 is 0 Å². The summed E-state index contributed by atoms with van der Waals surface area (Å²) < 4.78 is 0. The van der Waals surface area contributed by atoms with Gasteiger partial charge in [0.15, 0.2) is 0 Å². The maximum absolute atomic E-state index is 12.3. The fraction of sp³-hybridized carbons (Fsp3) is 0.333. The molecule has 0 bridgehead atoms. The Bertz CT molecular complexity index is 773. The summed E-state index contributed by atoms with van der Waals surface area (Å²) in [6.45, 7) is 6.08. The molecule has 0 aliphatic rings. The summed E-state index contributed by atoms with van der Waals surface area (Å²) in [7, 11) is 1.87. The maximum Gasteiger partial charge on any atom is 0.253 e. The van der Waals surface area contributed by atoms with Crippen molar-refractivity contribution in [2.24, 2.45) is 0 Å². The fourth-order valence-corrected chi connectivity index (χ4v) is 3.00. The number of nitrogens with zero attached hydrogens (tertiary/aromatic N) is 2. The number of carbonyl (C=O) groups is 2. The van der Waals surface area contributed by atoms with Crippen molar-refractivity contribution in [1.29, 1.82) is 0 Å². The molecule has 2 amide bonds. The number of hydrogen-bond donors (Lipinski definition) is 1. The Morgan fingerprint density at radius 1 is 1.00 bits per heavy atom. The number of anilines is 1. The zero-order chi connectivity index (χ0) is 19.8. The Morgan fingerprint density at radius 3 is 2.22 bits per heavy atom. The fourth-order valence-electron chi connectivity index (χ4n) is 2.81. The Hall–Kier alpha value is -2.37. The Balaban J connectivity index is 1.90. The normalized spacial score (nSPS) is 10.7. The van der Waals surface area contributed by atoms with E-state index in [4.69, 9.17) is 11.6 Å². The second kappa shape index (κ2) is 10.1. The molecule has 2 aromatic rings. The van der Waals surface area contributed by atoms with Gasteiger partial charge in [-0.05, 0) is 56.8 Å². The lowest BCUT2D eigenvalue weighted by Gasteiger charge is -2.19. The second-order valence-corrected chi connectivity index (χ2v) is 6.77. The van der Waals surface area contributed by atoms with Crippen LogP contribution in [0.25, 0.3) is 0 Å². The second-order valence-electron chi connectivity index (χ2n) is 6.37. The predicted octanol–water partition coefficient (Wildman–Crippen LogP) is 3.89. The molecule has 0 atom stereocenters. The molecule has 0 aromatic heterocycles. The summed E-state index contributed by atoms with van der Waals surface area (Å²) in [5, 5.41) is 3.55. The van der Waals surface area contributed by atoms with E-state index in [0.29, 0.717) is 35.9 Å². The van der Waals surface area contributed by atoms with Crippen LogP contribution in [-0.2, 0) is 11.3 Å². The van der Waals surface area contributed by atoms with Gasteiger partial charge in [-0.2, -0.15) is 0 Å². The van der Waals surface area contributed by atoms with Gasteiger partial charge in [0.1, 0.15) is 0 Å². The molecule has 0 unspecified atom stereocenters. The van der Waals surface area contributed by atoms with Gasteiger partial charge in [0, 0.05) is 35.9 Å². The van der Waals surface area contributed by atoms with E-state index < -0.39 is 0 Å². The van der Waals surface area contributed by atoms with Crippen LogP contribution in [0.4, 0.5) is 5.69 Å². The first-order chi connectivity index (χ1) is 12.9. The minimum Gasteiger partial charge on any atom is -0.339 e. The van der Waals surface area contributed by atoms with Crippen molar-refractivity contribution in [1.82, 2.24) is 9.80 Å². The molecular weight excluding hydrogens is 362 g/mol. The summed E-state index contributed by atoms with van der Waals surface area (Å²) in [6, 6.07) is 14.6. The quantitative estimate of drug-likeness (QED) is 0.747. The van der Waals surface area contributed by atoms with Crippen LogP contribution in [0.5, 0.6) is 0 Å². The molecule has 0 aliphatic carbocycles. The van der Waals surface area contributed by atoms with Crippen LogP contribution in [-0.4, -0.2) is 48.3 Å². The molecule has 0 saturated heterocycles. The van der Waals surface area contributed by atoms with E-state index in [9.17, 15) is 9.59 Å². The van der Waals surface area contributed by atoms with Gasteiger partial charge in [-0.25, -0.2) is 0 Å². The van der Waals surface area contributed by atoms with Crippen molar-refractivity contribution in [3.8, 4) is 0 Å². The molecule has 0 heterocycles. The average molecular weight is 388 g/mol. The Kier molecular flexibility index (Phi) is 7.82. The monoisotopic (exact) mass is 387 g/mol. The van der Waals surface area contributed by atoms with Gasteiger partial charge in [0.25, 0.3) is 5.91 Å². The van der Waals surface area contributed by atoms with Crippen LogP contribution in [0, 0.1) is 0 Å². The summed E-state index contributed by atoms with van der Waals surface area (Å²) in [5.41, 5.74) is 2.27. The summed E-state index contributed by atoms with van der Waals surface area (Å²) in [5.74, 6) is -0.121. The van der Waals surface area contributed by atoms with Crippen LogP contribution in [0.3, 0.4) is 0 Å². The van der Waals surface area contributed by atoms with Crippen molar-refractivity contribution < 1.29 is 9.59 Å². The zero-order valence-electron chi connectivity index (χ0n) is 16.0. The molecule has 0 fully saturated rings. The number of hydrogen-bond acceptors (Lipinski definition) is 3. The molecule has 0 spiro atoms. The SMILES string of the molecule is CCN(CC)C(=O)c1ccc(NC(=O)CN(C)Cc2ccccc2Cl)cc1. The van der Waals surface area contributed by atoms with E-state index in [1.807, 2.05) is 50.1 Å². The lowest BCUT2D eigenvalue weighted by atomic mass is 10.1. The highest BCUT2D eigenvalue weighted by atomic mass is 35.5. The van der Waals surface area contributed by atoms with Crippen molar-refractivity contribution in [2.45, 2.75) is 20.4 Å². The van der Waals surface area contributed by atoms with Crippen molar-refractivity contribution in [3.63, 3.8) is 0 Å². The molecule has 0 aliphatic heterocycles. The minimum absolute atomic E-state index is 0.00245. The highest BCUT2D eigenvalue weighted by Crippen LogP contribution is 2.16. The van der Waals surface area contributed by atoms with Crippen molar-refractivity contribution >= 4 is 29.1 Å². The molecule has 1 N–H and O–H groups in total. The van der Waals surface area contributed by atoms with Crippen LogP contribution >= 0.6 is 11.6 Å². The predicted molar refractivity (Wildman–Crippen MR) is 110 cm³/mol. The smallest absolute Gasteiger partial charge is 0.253 e. The molecule has 2 aromatic carbocycles. The summed E-state index contributed by atoms with van der Waals surface area (Å²) >= 11 is 6.16. The number of likely N-dealkylation sites (N-methyl/N-ethyl adjacent to an activating group) is 1. The largest absolute Gasteiger partial charge is 0.339 e. The van der Waals surface area contributed by atoms with Crippen LogP contribution in [0.1, 0.15) is 29.8 Å². The van der Waals surface area contributed by atoms with Gasteiger partial charge in [0.2, 0.25) is 5.91 Å². The first kappa shape index (κ1) is 20.9. The van der Waals surface area contributed by atoms with Gasteiger partial charge >= 0.3 is 0 Å². The van der Waals surface area contributed by atoms with E-state index in [1.54, 1.807) is 29.2 Å². The van der Waals surface area contributed by atoms with Gasteiger partial charge in [0.05, 0.1) is 6.54 Å². The van der Waals surface area contributed by atoms with Crippen molar-refractivity contribution in [3.05, 3.63) is 64.7 Å². The standard InChI is InChI=1S/C21H26ClN3O2/c1-4-25(5-2)21(27)16-10-12-18(13-11-16)23-20(26)15-24(3)14-17-8-6-7-9-19(17)22/h6-13H,4-5,14-15H2,1-3H3,(H,23,26). The number of nitrogens with one attached hydrogen (secondary N) is 1. The van der Waals surface area contributed by atoms with E-state index in [0.717, 1.165) is 5.56 Å². The third-order valence-electron chi connectivity index (χ3n) is 4.28. The molecule has 6 heteroatoms. The number of amides is 2. The first-order valence-electron chi connectivity index (χ1n) is 9.05. The lowest BCUT2D eigenvalue weighted by Crippen LogP contribution is -2.30. The Labute approximate surface area is 165 Å². The van der Waals surface area contributed by atoms with E-state index in [1.165, 1.54) is 0 Å². The number of halogens is 1. The van der Waals surface area contributed by atoms with Crippen LogP contribution in [0.2, 0.25) is 5.02 Å². The summed E-state index contributed by atoms with van der Waals surface area (Å²) in [4.78, 5) is 28.2. The van der Waals surface area contributed by atoms with Gasteiger partial charge in [-0.1, -0.05) is 29.8 Å². The lowest BCUT2D eigenvalue weighted by molar-refractivity contribution is -0.117. The van der Waals surface area contributed by atoms with Gasteiger partial charge < -0.3 is 10.2 Å². The molecule has 0 saturated carbocycles. The molecule has 5 nitrogen and oxygen atoms in total. The van der Waals surface area contributed by atoms with E-state index in [2.05, 4.69) is 5.32 Å². The van der Waals surface area contributed by atoms with Crippen molar-refractivity contribution in [2.75, 3.05) is 32.0 Å². The van der Waals surface area contributed by atoms with Crippen LogP contribution in [0.15, 0.2) is 48.5 Å². The highest BCUT2D eigenvalue weighted by Gasteiger charge is 2.13. The topological polar surface area (TPSA) is 52.7 Å². The minimum atomic E-state index is -0.118. The van der Waals surface area contributed by atoms with E-state index in [-0.39, 0.29) is 18.4 Å². The maximum atomic E-state index is 12.3. The number of carbonyl (C=O) groups excluding carboxylic acids is 2. The molecule has 27 heavy (non-hydrogen) atoms. The molecular formula is C21H26ClN3O2. The highest BCUT2D eigenvalue weighted by molar-refractivity contribution is 6.31. The molecule has 2 rings (SSSR count). The molecule has 0 radical (unpaired) electrons. The van der Waals surface area contributed by atoms with Gasteiger partial charge in [-0.3, -0.25) is 14.5 Å². The third kappa shape index (κ3) is 6.08. The Morgan fingerprint density at radius 2 is 1.63 bits per heavy atom. The summed E-state index contributed by atoms with van der Waals surface area (Å²) in [6.07, 6.45) is 0.